The first-order valence-electron chi connectivity index (χ1n) is 6.88. The van der Waals surface area contributed by atoms with Crippen LogP contribution in [0.15, 0.2) is 11.6 Å². The highest BCUT2D eigenvalue weighted by Gasteiger charge is 2.21. The summed E-state index contributed by atoms with van der Waals surface area (Å²) < 4.78 is 5.83. The Morgan fingerprint density at radius 1 is 1.38 bits per heavy atom. The van der Waals surface area contributed by atoms with Gasteiger partial charge in [0, 0.05) is 12.6 Å². The van der Waals surface area contributed by atoms with Gasteiger partial charge in [0.15, 0.2) is 0 Å². The van der Waals surface area contributed by atoms with Crippen LogP contribution in [0.2, 0.25) is 0 Å². The van der Waals surface area contributed by atoms with Crippen molar-refractivity contribution in [2.24, 2.45) is 0 Å². The number of nitrogens with one attached hydrogen (secondary N) is 1. The summed E-state index contributed by atoms with van der Waals surface area (Å²) in [5.41, 5.74) is 1.63. The van der Waals surface area contributed by atoms with Crippen molar-refractivity contribution in [2.75, 3.05) is 13.7 Å². The van der Waals surface area contributed by atoms with Crippen LogP contribution in [-0.2, 0) is 4.74 Å². The Balaban J connectivity index is 1.86. The van der Waals surface area contributed by atoms with Gasteiger partial charge < -0.3 is 10.1 Å². The molecule has 1 heterocycles. The third kappa shape index (κ3) is 3.33. The molecule has 0 aromatic heterocycles. The van der Waals surface area contributed by atoms with Gasteiger partial charge in [-0.05, 0) is 58.4 Å². The second-order valence-corrected chi connectivity index (χ2v) is 5.09. The van der Waals surface area contributed by atoms with E-state index in [0.717, 1.165) is 6.61 Å². The summed E-state index contributed by atoms with van der Waals surface area (Å²) in [6.07, 6.45) is 13.3. The number of ether oxygens (including phenoxy) is 1. The number of rotatable bonds is 4. The second kappa shape index (κ2) is 6.41. The molecule has 0 spiro atoms. The Morgan fingerprint density at radius 2 is 2.31 bits per heavy atom. The van der Waals surface area contributed by atoms with Gasteiger partial charge in [0.1, 0.15) is 0 Å². The standard InChI is InChI=1S/C14H25NO/c1-15-14(12-7-3-2-4-8-12)11-13-9-5-6-10-16-13/h7,13-15H,2-6,8-11H2,1H3. The van der Waals surface area contributed by atoms with Gasteiger partial charge in [0.25, 0.3) is 0 Å². The van der Waals surface area contributed by atoms with E-state index in [4.69, 9.17) is 4.74 Å². The average Bonchev–Trinajstić information content (AvgIpc) is 2.38. The van der Waals surface area contributed by atoms with E-state index in [1.165, 1.54) is 51.4 Å². The molecule has 1 aliphatic carbocycles. The van der Waals surface area contributed by atoms with E-state index in [9.17, 15) is 0 Å². The molecule has 0 aromatic rings. The minimum Gasteiger partial charge on any atom is -0.378 e. The van der Waals surface area contributed by atoms with E-state index in [0.29, 0.717) is 12.1 Å². The van der Waals surface area contributed by atoms with Gasteiger partial charge in [0.2, 0.25) is 0 Å². The molecule has 1 N–H and O–H groups in total. The summed E-state index contributed by atoms with van der Waals surface area (Å²) in [5.74, 6) is 0. The maximum atomic E-state index is 5.83. The summed E-state index contributed by atoms with van der Waals surface area (Å²) in [5, 5.41) is 3.47. The molecule has 2 heteroatoms. The van der Waals surface area contributed by atoms with Crippen LogP contribution in [0.5, 0.6) is 0 Å². The maximum Gasteiger partial charge on any atom is 0.0593 e. The fourth-order valence-electron chi connectivity index (χ4n) is 2.89. The minimum absolute atomic E-state index is 0.494. The molecule has 2 atom stereocenters. The fourth-order valence-corrected chi connectivity index (χ4v) is 2.89. The van der Waals surface area contributed by atoms with Crippen molar-refractivity contribution in [1.82, 2.24) is 5.32 Å². The van der Waals surface area contributed by atoms with Crippen molar-refractivity contribution in [1.29, 1.82) is 0 Å². The topological polar surface area (TPSA) is 21.3 Å². The van der Waals surface area contributed by atoms with Crippen molar-refractivity contribution in [3.8, 4) is 0 Å². The molecule has 92 valence electrons. The molecule has 0 bridgehead atoms. The van der Waals surface area contributed by atoms with Crippen LogP contribution in [0.1, 0.15) is 51.4 Å². The number of allylic oxidation sites excluding steroid dienone is 1. The van der Waals surface area contributed by atoms with Crippen LogP contribution in [0.25, 0.3) is 0 Å². The van der Waals surface area contributed by atoms with Crippen molar-refractivity contribution >= 4 is 0 Å². The summed E-state index contributed by atoms with van der Waals surface area (Å²) in [4.78, 5) is 0. The van der Waals surface area contributed by atoms with Gasteiger partial charge in [0.05, 0.1) is 6.10 Å². The highest BCUT2D eigenvalue weighted by atomic mass is 16.5. The van der Waals surface area contributed by atoms with Crippen molar-refractivity contribution < 1.29 is 4.74 Å². The van der Waals surface area contributed by atoms with Gasteiger partial charge in [-0.25, -0.2) is 0 Å². The van der Waals surface area contributed by atoms with Crippen LogP contribution < -0.4 is 5.32 Å². The van der Waals surface area contributed by atoms with Gasteiger partial charge in [-0.2, -0.15) is 0 Å². The Bertz CT molecular complexity index is 231. The second-order valence-electron chi connectivity index (χ2n) is 5.09. The number of hydrogen-bond donors (Lipinski definition) is 1. The SMILES string of the molecule is CNC(CC1CCCCO1)C1=CCCCC1. The smallest absolute Gasteiger partial charge is 0.0593 e. The van der Waals surface area contributed by atoms with E-state index in [1.54, 1.807) is 5.57 Å². The van der Waals surface area contributed by atoms with Crippen molar-refractivity contribution in [2.45, 2.75) is 63.5 Å². The zero-order valence-corrected chi connectivity index (χ0v) is 10.5. The number of hydrogen-bond acceptors (Lipinski definition) is 2. The first kappa shape index (κ1) is 12.1. The first-order chi connectivity index (χ1) is 7.90. The monoisotopic (exact) mass is 223 g/mol. The zero-order chi connectivity index (χ0) is 11.2. The van der Waals surface area contributed by atoms with E-state index < -0.39 is 0 Å². The summed E-state index contributed by atoms with van der Waals surface area (Å²) in [7, 11) is 2.09. The van der Waals surface area contributed by atoms with Crippen LogP contribution in [0.3, 0.4) is 0 Å². The maximum absolute atomic E-state index is 5.83. The molecule has 1 aliphatic heterocycles. The van der Waals surface area contributed by atoms with E-state index in [1.807, 2.05) is 0 Å². The molecular formula is C14H25NO. The summed E-state index contributed by atoms with van der Waals surface area (Å²) in [6, 6.07) is 0.559. The highest BCUT2D eigenvalue weighted by Crippen LogP contribution is 2.25. The van der Waals surface area contributed by atoms with E-state index in [2.05, 4.69) is 18.4 Å². The predicted octanol–water partition coefficient (Wildman–Crippen LogP) is 3.03. The Morgan fingerprint density at radius 3 is 2.94 bits per heavy atom. The lowest BCUT2D eigenvalue weighted by Gasteiger charge is -2.29. The van der Waals surface area contributed by atoms with Gasteiger partial charge in [-0.15, -0.1) is 0 Å². The third-order valence-corrected chi connectivity index (χ3v) is 3.89. The van der Waals surface area contributed by atoms with Gasteiger partial charge in [-0.3, -0.25) is 0 Å². The molecule has 2 nitrogen and oxygen atoms in total. The summed E-state index contributed by atoms with van der Waals surface area (Å²) >= 11 is 0. The molecule has 16 heavy (non-hydrogen) atoms. The first-order valence-corrected chi connectivity index (χ1v) is 6.88. The lowest BCUT2D eigenvalue weighted by molar-refractivity contribution is 0.00741. The Labute approximate surface area is 99.4 Å². The predicted molar refractivity (Wildman–Crippen MR) is 67.6 cm³/mol. The quantitative estimate of drug-likeness (QED) is 0.740. The van der Waals surface area contributed by atoms with Crippen LogP contribution >= 0.6 is 0 Å². The molecule has 1 fully saturated rings. The van der Waals surface area contributed by atoms with Crippen LogP contribution in [0, 0.1) is 0 Å². The molecule has 0 saturated carbocycles. The normalized spacial score (nSPS) is 28.6. The highest BCUT2D eigenvalue weighted by molar-refractivity contribution is 5.13. The average molecular weight is 223 g/mol. The Kier molecular flexibility index (Phi) is 4.86. The van der Waals surface area contributed by atoms with Crippen molar-refractivity contribution in [3.05, 3.63) is 11.6 Å². The third-order valence-electron chi connectivity index (χ3n) is 3.89. The van der Waals surface area contributed by atoms with Crippen LogP contribution in [0.4, 0.5) is 0 Å². The zero-order valence-electron chi connectivity index (χ0n) is 10.5. The van der Waals surface area contributed by atoms with E-state index >= 15 is 0 Å². The van der Waals surface area contributed by atoms with Crippen molar-refractivity contribution in [3.63, 3.8) is 0 Å². The molecule has 2 aliphatic rings. The molecule has 0 amide bonds. The lowest BCUT2D eigenvalue weighted by Crippen LogP contribution is -2.34. The van der Waals surface area contributed by atoms with Gasteiger partial charge >= 0.3 is 0 Å². The molecule has 0 aromatic carbocycles. The lowest BCUT2D eigenvalue weighted by atomic mass is 9.89. The fraction of sp³-hybridized carbons (Fsp3) is 0.857. The molecule has 1 saturated heterocycles. The minimum atomic E-state index is 0.494. The molecular weight excluding hydrogens is 198 g/mol. The number of likely N-dealkylation sites (N-methyl/N-ethyl adjacent to an activating group) is 1. The Hall–Kier alpha value is -0.340. The largest absolute Gasteiger partial charge is 0.378 e. The molecule has 2 unspecified atom stereocenters. The molecule has 0 radical (unpaired) electrons. The molecule has 2 rings (SSSR count). The summed E-state index contributed by atoms with van der Waals surface area (Å²) in [6.45, 7) is 0.972. The van der Waals surface area contributed by atoms with E-state index in [-0.39, 0.29) is 0 Å². The van der Waals surface area contributed by atoms with Gasteiger partial charge in [-0.1, -0.05) is 11.6 Å². The van der Waals surface area contributed by atoms with Crippen LogP contribution in [-0.4, -0.2) is 25.8 Å².